The zero-order valence-electron chi connectivity index (χ0n) is 18.6. The van der Waals surface area contributed by atoms with Gasteiger partial charge in [-0.1, -0.05) is 48.6 Å². The molecule has 1 aliphatic rings. The van der Waals surface area contributed by atoms with Crippen LogP contribution in [0.4, 0.5) is 10.8 Å². The number of hydrogen-bond acceptors (Lipinski definition) is 7. The van der Waals surface area contributed by atoms with E-state index < -0.39 is 10.0 Å². The van der Waals surface area contributed by atoms with Crippen LogP contribution in [0.15, 0.2) is 52.9 Å². The lowest BCUT2D eigenvalue weighted by atomic mass is 9.99. The molecule has 1 amide bonds. The number of aromatic nitrogens is 2. The number of anilines is 2. The summed E-state index contributed by atoms with van der Waals surface area (Å²) in [6.07, 6.45) is 2.46. The number of nitrogens with one attached hydrogen (secondary N) is 2. The van der Waals surface area contributed by atoms with Crippen LogP contribution < -0.4 is 14.9 Å². The number of amides is 1. The van der Waals surface area contributed by atoms with Crippen LogP contribution in [0.1, 0.15) is 41.3 Å². The first-order valence-electron chi connectivity index (χ1n) is 10.9. The van der Waals surface area contributed by atoms with Gasteiger partial charge in [-0.2, -0.15) is 0 Å². The highest BCUT2D eigenvalue weighted by molar-refractivity contribution is 7.91. The molecule has 0 bridgehead atoms. The molecular formula is C23H27N5O3S2. The highest BCUT2D eigenvalue weighted by Crippen LogP contribution is 2.24. The molecule has 8 nitrogen and oxygen atoms in total. The SMILES string of the molecule is Cc1ccccc1C(=O)Nc1nnc(S(=O)(=O)NCc2ccc(N3CCC[C@@H](C)C3)cc2)s1. The van der Waals surface area contributed by atoms with Crippen LogP contribution in [-0.2, 0) is 16.6 Å². The average molecular weight is 486 g/mol. The summed E-state index contributed by atoms with van der Waals surface area (Å²) < 4.78 is 27.7. The van der Waals surface area contributed by atoms with E-state index in [9.17, 15) is 13.2 Å². The average Bonchev–Trinajstić information content (AvgIpc) is 3.28. The van der Waals surface area contributed by atoms with Crippen molar-refractivity contribution in [3.05, 3.63) is 65.2 Å². The van der Waals surface area contributed by atoms with Crippen molar-refractivity contribution in [3.8, 4) is 0 Å². The van der Waals surface area contributed by atoms with Crippen LogP contribution in [-0.4, -0.2) is 37.6 Å². The van der Waals surface area contributed by atoms with Crippen LogP contribution in [0, 0.1) is 12.8 Å². The molecule has 2 heterocycles. The lowest BCUT2D eigenvalue weighted by Crippen LogP contribution is -2.34. The predicted molar refractivity (Wildman–Crippen MR) is 130 cm³/mol. The van der Waals surface area contributed by atoms with E-state index in [-0.39, 0.29) is 21.9 Å². The normalized spacial score (nSPS) is 16.5. The first kappa shape index (κ1) is 23.3. The second-order valence-corrected chi connectivity index (χ2v) is 11.2. The Labute approximate surface area is 198 Å². The third kappa shape index (κ3) is 5.76. The van der Waals surface area contributed by atoms with Crippen molar-refractivity contribution < 1.29 is 13.2 Å². The molecule has 3 aromatic rings. The molecule has 1 aliphatic heterocycles. The number of carbonyl (C=O) groups excluding carboxylic acids is 1. The van der Waals surface area contributed by atoms with Crippen molar-refractivity contribution in [2.45, 2.75) is 37.6 Å². The Bertz CT molecular complexity index is 1220. The summed E-state index contributed by atoms with van der Waals surface area (Å²) in [7, 11) is -3.85. The van der Waals surface area contributed by atoms with Gasteiger partial charge in [0.15, 0.2) is 0 Å². The summed E-state index contributed by atoms with van der Waals surface area (Å²) in [6, 6.07) is 15.1. The van der Waals surface area contributed by atoms with Gasteiger partial charge in [0.05, 0.1) is 0 Å². The summed E-state index contributed by atoms with van der Waals surface area (Å²) in [5.74, 6) is 0.327. The fourth-order valence-electron chi connectivity index (χ4n) is 3.85. The van der Waals surface area contributed by atoms with E-state index in [1.54, 1.807) is 12.1 Å². The molecule has 0 radical (unpaired) electrons. The minimum absolute atomic E-state index is 0.128. The van der Waals surface area contributed by atoms with Crippen molar-refractivity contribution in [1.82, 2.24) is 14.9 Å². The minimum atomic E-state index is -3.85. The summed E-state index contributed by atoms with van der Waals surface area (Å²) in [6.45, 7) is 6.34. The molecule has 10 heteroatoms. The Balaban J connectivity index is 1.36. The zero-order chi connectivity index (χ0) is 23.4. The lowest BCUT2D eigenvalue weighted by Gasteiger charge is -2.32. The standard InChI is InChI=1S/C23H27N5O3S2/c1-16-6-5-13-28(15-16)19-11-9-18(10-12-19)14-24-33(30,31)23-27-26-22(32-23)25-21(29)20-8-4-3-7-17(20)2/h3-4,7-12,16,24H,5-6,13-15H2,1-2H3,(H,25,26,29)/t16-/m1/s1. The van der Waals surface area contributed by atoms with Crippen LogP contribution in [0.2, 0.25) is 0 Å². The molecule has 1 atom stereocenters. The molecule has 4 rings (SSSR count). The van der Waals surface area contributed by atoms with E-state index in [0.29, 0.717) is 11.5 Å². The third-order valence-corrected chi connectivity index (χ3v) is 8.28. The summed E-state index contributed by atoms with van der Waals surface area (Å²) >= 11 is 0.814. The van der Waals surface area contributed by atoms with Gasteiger partial charge in [-0.15, -0.1) is 10.2 Å². The Hall–Kier alpha value is -2.82. The maximum atomic E-state index is 12.7. The van der Waals surface area contributed by atoms with Crippen molar-refractivity contribution in [2.24, 2.45) is 5.92 Å². The molecule has 0 spiro atoms. The van der Waals surface area contributed by atoms with Crippen molar-refractivity contribution in [3.63, 3.8) is 0 Å². The van der Waals surface area contributed by atoms with Gasteiger partial charge in [0.2, 0.25) is 9.47 Å². The third-order valence-electron chi connectivity index (χ3n) is 5.67. The first-order chi connectivity index (χ1) is 15.8. The van der Waals surface area contributed by atoms with Gasteiger partial charge in [0.1, 0.15) is 0 Å². The highest BCUT2D eigenvalue weighted by atomic mass is 32.2. The van der Waals surface area contributed by atoms with Crippen LogP contribution in [0.5, 0.6) is 0 Å². The molecular weight excluding hydrogens is 458 g/mol. The number of hydrogen-bond donors (Lipinski definition) is 2. The summed E-state index contributed by atoms with van der Waals surface area (Å²) in [5.41, 5.74) is 3.32. The fraction of sp³-hybridized carbons (Fsp3) is 0.348. The quantitative estimate of drug-likeness (QED) is 0.493. The van der Waals surface area contributed by atoms with Gasteiger partial charge >= 0.3 is 0 Å². The van der Waals surface area contributed by atoms with Crippen molar-refractivity contribution in [1.29, 1.82) is 0 Å². The fourth-order valence-corrected chi connectivity index (χ4v) is 5.80. The predicted octanol–water partition coefficient (Wildman–Crippen LogP) is 3.81. The zero-order valence-corrected chi connectivity index (χ0v) is 20.2. The second-order valence-electron chi connectivity index (χ2n) is 8.33. The van der Waals surface area contributed by atoms with E-state index in [2.05, 4.69) is 32.1 Å². The molecule has 1 saturated heterocycles. The molecule has 1 aromatic heterocycles. The van der Waals surface area contributed by atoms with E-state index in [4.69, 9.17) is 0 Å². The molecule has 2 aromatic carbocycles. The van der Waals surface area contributed by atoms with Gasteiger partial charge < -0.3 is 4.90 Å². The Kier molecular flexibility index (Phi) is 7.06. The maximum absolute atomic E-state index is 12.7. The molecule has 33 heavy (non-hydrogen) atoms. The van der Waals surface area contributed by atoms with E-state index in [1.165, 1.54) is 12.8 Å². The van der Waals surface area contributed by atoms with Gasteiger partial charge in [0, 0.05) is 30.9 Å². The van der Waals surface area contributed by atoms with Gasteiger partial charge in [-0.05, 0) is 55.0 Å². The van der Waals surface area contributed by atoms with Gasteiger partial charge in [-0.25, -0.2) is 13.1 Å². The number of aryl methyl sites for hydroxylation is 1. The lowest BCUT2D eigenvalue weighted by molar-refractivity contribution is 0.102. The monoisotopic (exact) mass is 485 g/mol. The number of carbonyl (C=O) groups is 1. The number of benzene rings is 2. The molecule has 0 unspecified atom stereocenters. The first-order valence-corrected chi connectivity index (χ1v) is 13.2. The van der Waals surface area contributed by atoms with Crippen molar-refractivity contribution >= 4 is 38.1 Å². The largest absolute Gasteiger partial charge is 0.371 e. The maximum Gasteiger partial charge on any atom is 0.270 e. The topological polar surface area (TPSA) is 104 Å². The van der Waals surface area contributed by atoms with E-state index >= 15 is 0 Å². The smallest absolute Gasteiger partial charge is 0.270 e. The molecule has 0 saturated carbocycles. The van der Waals surface area contributed by atoms with E-state index in [1.807, 2.05) is 43.3 Å². The van der Waals surface area contributed by atoms with Crippen LogP contribution >= 0.6 is 11.3 Å². The summed E-state index contributed by atoms with van der Waals surface area (Å²) in [4.78, 5) is 14.8. The van der Waals surface area contributed by atoms with Crippen molar-refractivity contribution in [2.75, 3.05) is 23.3 Å². The highest BCUT2D eigenvalue weighted by Gasteiger charge is 2.22. The molecule has 174 valence electrons. The molecule has 2 N–H and O–H groups in total. The number of rotatable bonds is 7. The second kappa shape index (κ2) is 9.98. The minimum Gasteiger partial charge on any atom is -0.371 e. The van der Waals surface area contributed by atoms with Gasteiger partial charge in [0.25, 0.3) is 15.9 Å². The number of nitrogens with zero attached hydrogens (tertiary/aromatic N) is 3. The summed E-state index contributed by atoms with van der Waals surface area (Å²) in [5, 5.41) is 10.3. The molecule has 0 aliphatic carbocycles. The Morgan fingerprint density at radius 2 is 1.91 bits per heavy atom. The number of sulfonamides is 1. The van der Waals surface area contributed by atoms with E-state index in [0.717, 1.165) is 41.2 Å². The Morgan fingerprint density at radius 1 is 1.15 bits per heavy atom. The van der Waals surface area contributed by atoms with Crippen LogP contribution in [0.25, 0.3) is 0 Å². The van der Waals surface area contributed by atoms with Crippen LogP contribution in [0.3, 0.4) is 0 Å². The number of piperidine rings is 1. The molecule has 1 fully saturated rings. The van der Waals surface area contributed by atoms with Gasteiger partial charge in [-0.3, -0.25) is 10.1 Å². The Morgan fingerprint density at radius 3 is 2.64 bits per heavy atom.